The molecule has 0 aliphatic heterocycles. The average Bonchev–Trinajstić information content (AvgIpc) is 2.81. The maximum Gasteiger partial charge on any atom is 0.0794 e. The molecule has 1 unspecified atom stereocenters. The quantitative estimate of drug-likeness (QED) is 0.733. The number of hydrogen-bond acceptors (Lipinski definition) is 2. The van der Waals surface area contributed by atoms with Crippen molar-refractivity contribution >= 4 is 38.9 Å². The lowest BCUT2D eigenvalue weighted by atomic mass is 9.97. The molecule has 0 spiro atoms. The van der Waals surface area contributed by atoms with Crippen LogP contribution in [0.15, 0.2) is 39.6 Å². The highest BCUT2D eigenvalue weighted by Gasteiger charge is 2.11. The van der Waals surface area contributed by atoms with Crippen LogP contribution in [-0.4, -0.2) is 10.9 Å². The van der Waals surface area contributed by atoms with E-state index < -0.39 is 0 Å². The van der Waals surface area contributed by atoms with Crippen molar-refractivity contribution in [2.24, 2.45) is 5.92 Å². The summed E-state index contributed by atoms with van der Waals surface area (Å²) >= 11 is 11.2. The molecule has 2 rings (SSSR count). The van der Waals surface area contributed by atoms with Crippen LogP contribution in [0.4, 0.5) is 0 Å². The van der Waals surface area contributed by atoms with Gasteiger partial charge in [0.15, 0.2) is 0 Å². The molecule has 17 heavy (non-hydrogen) atoms. The smallest absolute Gasteiger partial charge is 0.0794 e. The van der Waals surface area contributed by atoms with Crippen molar-refractivity contribution in [2.75, 3.05) is 5.88 Å². The molecular weight excluding hydrogens is 318 g/mol. The van der Waals surface area contributed by atoms with Gasteiger partial charge in [0.1, 0.15) is 0 Å². The van der Waals surface area contributed by atoms with Crippen molar-refractivity contribution < 1.29 is 0 Å². The number of thiazole rings is 1. The van der Waals surface area contributed by atoms with E-state index in [9.17, 15) is 0 Å². The van der Waals surface area contributed by atoms with Crippen LogP contribution in [0.5, 0.6) is 0 Å². The van der Waals surface area contributed by atoms with Gasteiger partial charge in [0.2, 0.25) is 0 Å². The van der Waals surface area contributed by atoms with Crippen molar-refractivity contribution in [1.82, 2.24) is 4.98 Å². The van der Waals surface area contributed by atoms with Gasteiger partial charge in [-0.3, -0.25) is 0 Å². The molecule has 1 aromatic heterocycles. The summed E-state index contributed by atoms with van der Waals surface area (Å²) in [5, 5.41) is 2.10. The van der Waals surface area contributed by atoms with E-state index in [0.717, 1.165) is 23.0 Å². The van der Waals surface area contributed by atoms with Crippen LogP contribution in [0, 0.1) is 5.92 Å². The van der Waals surface area contributed by atoms with E-state index in [4.69, 9.17) is 11.6 Å². The molecule has 0 aliphatic carbocycles. The van der Waals surface area contributed by atoms with E-state index in [0.29, 0.717) is 11.8 Å². The summed E-state index contributed by atoms with van der Waals surface area (Å²) in [6.07, 6.45) is 1.96. The highest BCUT2D eigenvalue weighted by atomic mass is 79.9. The van der Waals surface area contributed by atoms with Gasteiger partial charge >= 0.3 is 0 Å². The Bertz CT molecular complexity index is 458. The molecule has 1 nitrogen and oxygen atoms in total. The lowest BCUT2D eigenvalue weighted by Gasteiger charge is -2.12. The summed E-state index contributed by atoms with van der Waals surface area (Å²) in [6, 6.07) is 8.40. The van der Waals surface area contributed by atoms with Crippen molar-refractivity contribution in [3.05, 3.63) is 50.9 Å². The highest BCUT2D eigenvalue weighted by Crippen LogP contribution is 2.19. The first-order valence-electron chi connectivity index (χ1n) is 5.45. The van der Waals surface area contributed by atoms with Crippen molar-refractivity contribution in [3.8, 4) is 0 Å². The van der Waals surface area contributed by atoms with Gasteiger partial charge in [-0.05, 0) is 36.5 Å². The molecule has 0 saturated carbocycles. The molecule has 0 radical (unpaired) electrons. The monoisotopic (exact) mass is 329 g/mol. The van der Waals surface area contributed by atoms with Crippen LogP contribution in [0.2, 0.25) is 0 Å². The average molecular weight is 331 g/mol. The number of hydrogen-bond donors (Lipinski definition) is 0. The zero-order valence-electron chi connectivity index (χ0n) is 9.27. The minimum atomic E-state index is 0.452. The van der Waals surface area contributed by atoms with Crippen LogP contribution in [0.1, 0.15) is 11.3 Å². The Hall–Kier alpha value is -0.380. The molecule has 4 heteroatoms. The van der Waals surface area contributed by atoms with Crippen LogP contribution in [0.3, 0.4) is 0 Å². The first-order valence-corrected chi connectivity index (χ1v) is 7.72. The number of halogens is 2. The lowest BCUT2D eigenvalue weighted by Crippen LogP contribution is -2.10. The van der Waals surface area contributed by atoms with Crippen LogP contribution in [0.25, 0.3) is 0 Å². The van der Waals surface area contributed by atoms with Crippen molar-refractivity contribution in [2.45, 2.75) is 12.8 Å². The molecule has 0 bridgehead atoms. The summed E-state index contributed by atoms with van der Waals surface area (Å²) in [6.45, 7) is 0. The predicted octanol–water partition coefficient (Wildman–Crippen LogP) is 4.55. The molecule has 0 aliphatic rings. The van der Waals surface area contributed by atoms with Crippen LogP contribution in [-0.2, 0) is 12.8 Å². The van der Waals surface area contributed by atoms with E-state index in [2.05, 4.69) is 44.5 Å². The Kier molecular flexibility index (Phi) is 5.01. The Morgan fingerprint density at radius 2 is 2.24 bits per heavy atom. The SMILES string of the molecule is ClCC(Cc1cccc(Br)c1)Cc1cscn1. The molecule has 0 fully saturated rings. The van der Waals surface area contributed by atoms with Gasteiger partial charge in [-0.1, -0.05) is 28.1 Å². The molecule has 0 N–H and O–H groups in total. The zero-order chi connectivity index (χ0) is 12.1. The normalized spacial score (nSPS) is 12.6. The van der Waals surface area contributed by atoms with Crippen molar-refractivity contribution in [3.63, 3.8) is 0 Å². The third kappa shape index (κ3) is 4.09. The summed E-state index contributed by atoms with van der Waals surface area (Å²) in [5.41, 5.74) is 4.34. The highest BCUT2D eigenvalue weighted by molar-refractivity contribution is 9.10. The zero-order valence-corrected chi connectivity index (χ0v) is 12.4. The fourth-order valence-corrected chi connectivity index (χ4v) is 3.05. The van der Waals surface area contributed by atoms with Gasteiger partial charge in [0.25, 0.3) is 0 Å². The van der Waals surface area contributed by atoms with Crippen LogP contribution >= 0.6 is 38.9 Å². The van der Waals surface area contributed by atoms with E-state index in [-0.39, 0.29) is 0 Å². The summed E-state index contributed by atoms with van der Waals surface area (Å²) < 4.78 is 1.12. The van der Waals surface area contributed by atoms with Crippen molar-refractivity contribution in [1.29, 1.82) is 0 Å². The molecule has 0 saturated heterocycles. The van der Waals surface area contributed by atoms with Gasteiger partial charge in [0.05, 0.1) is 11.2 Å². The standard InChI is InChI=1S/C13H13BrClNS/c14-12-3-1-2-10(5-12)4-11(7-15)6-13-8-17-9-16-13/h1-3,5,8-9,11H,4,6-7H2. The predicted molar refractivity (Wildman–Crippen MR) is 77.9 cm³/mol. The molecule has 1 aromatic carbocycles. The lowest BCUT2D eigenvalue weighted by molar-refractivity contribution is 0.577. The second-order valence-corrected chi connectivity index (χ2v) is 5.98. The third-order valence-electron chi connectivity index (χ3n) is 2.61. The number of benzene rings is 1. The minimum Gasteiger partial charge on any atom is -0.250 e. The fourth-order valence-electron chi connectivity index (χ4n) is 1.81. The number of aromatic nitrogens is 1. The van der Waals surface area contributed by atoms with E-state index in [1.54, 1.807) is 11.3 Å². The molecule has 2 aromatic rings. The van der Waals surface area contributed by atoms with Gasteiger partial charge in [-0.2, -0.15) is 0 Å². The molecule has 0 amide bonds. The van der Waals surface area contributed by atoms with E-state index >= 15 is 0 Å². The number of rotatable bonds is 5. The Morgan fingerprint density at radius 3 is 2.88 bits per heavy atom. The van der Waals surface area contributed by atoms with Gasteiger partial charge in [-0.25, -0.2) is 4.98 Å². The maximum absolute atomic E-state index is 6.04. The van der Waals surface area contributed by atoms with E-state index in [1.807, 2.05) is 11.6 Å². The van der Waals surface area contributed by atoms with E-state index in [1.165, 1.54) is 5.56 Å². The second-order valence-electron chi connectivity index (χ2n) is 4.04. The second kappa shape index (κ2) is 6.53. The van der Waals surface area contributed by atoms with Gasteiger partial charge in [-0.15, -0.1) is 22.9 Å². The first-order chi connectivity index (χ1) is 8.28. The largest absolute Gasteiger partial charge is 0.250 e. The molecular formula is C13H13BrClNS. The fraction of sp³-hybridized carbons (Fsp3) is 0.308. The number of nitrogens with zero attached hydrogens (tertiary/aromatic N) is 1. The first kappa shape index (κ1) is 13.1. The Balaban J connectivity index is 2.00. The van der Waals surface area contributed by atoms with Gasteiger partial charge in [0, 0.05) is 15.7 Å². The molecule has 1 atom stereocenters. The maximum atomic E-state index is 6.04. The van der Waals surface area contributed by atoms with Crippen LogP contribution < -0.4 is 0 Å². The summed E-state index contributed by atoms with van der Waals surface area (Å²) in [5.74, 6) is 1.12. The minimum absolute atomic E-state index is 0.452. The molecule has 1 heterocycles. The third-order valence-corrected chi connectivity index (χ3v) is 4.18. The summed E-state index contributed by atoms with van der Waals surface area (Å²) in [4.78, 5) is 4.31. The topological polar surface area (TPSA) is 12.9 Å². The van der Waals surface area contributed by atoms with Gasteiger partial charge < -0.3 is 0 Å². The Morgan fingerprint density at radius 1 is 1.35 bits per heavy atom. The molecule has 90 valence electrons. The summed E-state index contributed by atoms with van der Waals surface area (Å²) in [7, 11) is 0. The number of alkyl halides is 1. The Labute approximate surface area is 119 Å².